The van der Waals surface area contributed by atoms with E-state index in [0.29, 0.717) is 22.8 Å². The topological polar surface area (TPSA) is 95.3 Å². The fourth-order valence-corrected chi connectivity index (χ4v) is 3.39. The molecule has 0 radical (unpaired) electrons. The van der Waals surface area contributed by atoms with Crippen LogP contribution in [0, 0.1) is 0 Å². The lowest BCUT2D eigenvalue weighted by atomic mass is 9.89. The molecular weight excluding hydrogens is 372 g/mol. The maximum absolute atomic E-state index is 13.5. The van der Waals surface area contributed by atoms with E-state index in [9.17, 15) is 9.59 Å². The average Bonchev–Trinajstić information content (AvgIpc) is 3.25. The van der Waals surface area contributed by atoms with E-state index in [4.69, 9.17) is 9.47 Å². The van der Waals surface area contributed by atoms with Gasteiger partial charge >= 0.3 is 5.97 Å². The maximum atomic E-state index is 13.5. The van der Waals surface area contributed by atoms with Gasteiger partial charge in [0.05, 0.1) is 19.8 Å². The normalized spacial score (nSPS) is 15.3. The van der Waals surface area contributed by atoms with Gasteiger partial charge in [0, 0.05) is 11.1 Å². The molecule has 0 saturated heterocycles. The molecule has 1 aromatic heterocycles. The smallest absolute Gasteiger partial charge is 0.355 e. The number of para-hydroxylation sites is 1. The third kappa shape index (κ3) is 3.14. The lowest BCUT2D eigenvalue weighted by Crippen LogP contribution is -2.33. The number of carbonyl (C=O) groups is 2. The van der Waals surface area contributed by atoms with Crippen molar-refractivity contribution in [3.8, 4) is 5.75 Å². The van der Waals surface area contributed by atoms with Crippen LogP contribution in [-0.4, -0.2) is 40.7 Å². The molecule has 0 bridgehead atoms. The highest BCUT2D eigenvalue weighted by atomic mass is 16.5. The summed E-state index contributed by atoms with van der Waals surface area (Å²) in [5.41, 5.74) is 1.33. The Morgan fingerprint density at radius 2 is 1.76 bits per heavy atom. The van der Waals surface area contributed by atoms with Gasteiger partial charge < -0.3 is 14.8 Å². The molecule has 8 nitrogen and oxygen atoms in total. The number of Topliss-reactive ketones (excluding diaryl/α,β-unsaturated/α-hetero) is 1. The summed E-state index contributed by atoms with van der Waals surface area (Å²) >= 11 is 0. The van der Waals surface area contributed by atoms with E-state index in [0.717, 1.165) is 0 Å². The summed E-state index contributed by atoms with van der Waals surface area (Å²) in [5.74, 6) is -0.108. The number of rotatable bonds is 5. The van der Waals surface area contributed by atoms with Crippen LogP contribution in [0.4, 0.5) is 5.95 Å². The number of carbonyl (C=O) groups excluding carboxylic acids is 2. The molecule has 0 spiro atoms. The molecule has 0 saturated carbocycles. The molecule has 1 atom stereocenters. The van der Waals surface area contributed by atoms with Gasteiger partial charge in [0.2, 0.25) is 5.95 Å². The summed E-state index contributed by atoms with van der Waals surface area (Å²) in [7, 11) is 2.81. The van der Waals surface area contributed by atoms with Crippen LogP contribution in [0.2, 0.25) is 0 Å². The van der Waals surface area contributed by atoms with Crippen LogP contribution in [-0.2, 0) is 9.53 Å². The first kappa shape index (κ1) is 18.4. The summed E-state index contributed by atoms with van der Waals surface area (Å²) in [4.78, 5) is 30.3. The molecule has 0 fully saturated rings. The van der Waals surface area contributed by atoms with Crippen molar-refractivity contribution in [2.45, 2.75) is 6.04 Å². The molecular formula is C21H18N4O4. The van der Waals surface area contributed by atoms with Crippen molar-refractivity contribution in [1.82, 2.24) is 14.8 Å². The predicted octanol–water partition coefficient (Wildman–Crippen LogP) is 2.61. The summed E-state index contributed by atoms with van der Waals surface area (Å²) < 4.78 is 12.0. The molecule has 1 aliphatic heterocycles. The number of esters is 1. The number of ether oxygens (including phenoxy) is 2. The van der Waals surface area contributed by atoms with Crippen molar-refractivity contribution >= 4 is 17.7 Å². The fourth-order valence-electron chi connectivity index (χ4n) is 3.39. The molecule has 146 valence electrons. The Kier molecular flexibility index (Phi) is 4.82. The predicted molar refractivity (Wildman–Crippen MR) is 105 cm³/mol. The fraction of sp³-hybridized carbons (Fsp3) is 0.143. The Balaban J connectivity index is 1.99. The van der Waals surface area contributed by atoms with E-state index in [-0.39, 0.29) is 17.1 Å². The highest BCUT2D eigenvalue weighted by molar-refractivity contribution is 6.15. The molecule has 4 rings (SSSR count). The van der Waals surface area contributed by atoms with E-state index in [2.05, 4.69) is 15.4 Å². The monoisotopic (exact) mass is 390 g/mol. The first-order chi connectivity index (χ1) is 14.2. The summed E-state index contributed by atoms with van der Waals surface area (Å²) in [6.45, 7) is 0. The number of methoxy groups -OCH3 is 2. The summed E-state index contributed by atoms with van der Waals surface area (Å²) in [6, 6.07) is 15.3. The molecule has 2 aromatic carbocycles. The van der Waals surface area contributed by atoms with Gasteiger partial charge in [0.25, 0.3) is 0 Å². The number of hydrogen-bond acceptors (Lipinski definition) is 7. The molecule has 0 aliphatic carbocycles. The zero-order valence-corrected chi connectivity index (χ0v) is 15.8. The molecule has 0 amide bonds. The van der Waals surface area contributed by atoms with Crippen LogP contribution in [0.5, 0.6) is 5.75 Å². The van der Waals surface area contributed by atoms with Gasteiger partial charge in [-0.15, -0.1) is 0 Å². The van der Waals surface area contributed by atoms with Crippen molar-refractivity contribution < 1.29 is 19.1 Å². The zero-order valence-electron chi connectivity index (χ0n) is 15.8. The molecule has 1 aliphatic rings. The lowest BCUT2D eigenvalue weighted by molar-refractivity contribution is -0.136. The highest BCUT2D eigenvalue weighted by Crippen LogP contribution is 2.40. The highest BCUT2D eigenvalue weighted by Gasteiger charge is 2.39. The minimum atomic E-state index is -0.730. The van der Waals surface area contributed by atoms with E-state index in [1.54, 1.807) is 42.1 Å². The number of allylic oxidation sites excluding steroid dienone is 1. The second-order valence-electron chi connectivity index (χ2n) is 6.27. The maximum Gasteiger partial charge on any atom is 0.355 e. The van der Waals surface area contributed by atoms with E-state index >= 15 is 0 Å². The van der Waals surface area contributed by atoms with Crippen LogP contribution in [0.1, 0.15) is 22.0 Å². The first-order valence-corrected chi connectivity index (χ1v) is 8.87. The van der Waals surface area contributed by atoms with Crippen LogP contribution >= 0.6 is 0 Å². The first-order valence-electron chi connectivity index (χ1n) is 8.87. The molecule has 3 aromatic rings. The molecule has 2 heterocycles. The standard InChI is InChI=1S/C21H18N4O4/c1-28-15-11-7-6-10-14(15)18-16(19(26)13-8-4-3-5-9-13)17(20(27)29-2)24-21-22-12-23-25(18)21/h3-12,18H,1-2H3,(H,22,23,24). The number of aromatic nitrogens is 3. The van der Waals surface area contributed by atoms with E-state index < -0.39 is 12.0 Å². The van der Waals surface area contributed by atoms with Crippen molar-refractivity contribution in [1.29, 1.82) is 0 Å². The van der Waals surface area contributed by atoms with Crippen molar-refractivity contribution in [2.24, 2.45) is 0 Å². The Morgan fingerprint density at radius 3 is 2.48 bits per heavy atom. The third-order valence-corrected chi connectivity index (χ3v) is 4.70. The SMILES string of the molecule is COC(=O)C1=C(C(=O)c2ccccc2)C(c2ccccc2OC)n2ncnc2N1. The van der Waals surface area contributed by atoms with E-state index in [1.165, 1.54) is 13.4 Å². The number of ketones is 1. The Morgan fingerprint density at radius 1 is 1.03 bits per heavy atom. The third-order valence-electron chi connectivity index (χ3n) is 4.70. The van der Waals surface area contributed by atoms with Crippen molar-refractivity contribution in [3.05, 3.63) is 83.3 Å². The quantitative estimate of drug-likeness (QED) is 0.528. The number of benzene rings is 2. The number of anilines is 1. The van der Waals surface area contributed by atoms with Crippen LogP contribution in [0.15, 0.2) is 72.2 Å². The van der Waals surface area contributed by atoms with Crippen molar-refractivity contribution in [3.63, 3.8) is 0 Å². The Labute approximate surface area is 166 Å². The number of nitrogens with zero attached hydrogens (tertiary/aromatic N) is 3. The lowest BCUT2D eigenvalue weighted by Gasteiger charge is -2.29. The van der Waals surface area contributed by atoms with Gasteiger partial charge in [-0.2, -0.15) is 10.1 Å². The second kappa shape index (κ2) is 7.59. The van der Waals surface area contributed by atoms with Gasteiger partial charge in [-0.05, 0) is 6.07 Å². The van der Waals surface area contributed by atoms with Crippen LogP contribution in [0.3, 0.4) is 0 Å². The van der Waals surface area contributed by atoms with Crippen LogP contribution in [0.25, 0.3) is 0 Å². The largest absolute Gasteiger partial charge is 0.496 e. The molecule has 1 N–H and O–H groups in total. The van der Waals surface area contributed by atoms with Gasteiger partial charge in [0.1, 0.15) is 23.8 Å². The minimum Gasteiger partial charge on any atom is -0.496 e. The van der Waals surface area contributed by atoms with Crippen molar-refractivity contribution in [2.75, 3.05) is 19.5 Å². The molecule has 1 unspecified atom stereocenters. The zero-order chi connectivity index (χ0) is 20.4. The van der Waals surface area contributed by atoms with E-state index in [1.807, 2.05) is 24.3 Å². The number of nitrogens with one attached hydrogen (secondary N) is 1. The molecule has 8 heteroatoms. The van der Waals surface area contributed by atoms with Crippen LogP contribution < -0.4 is 10.1 Å². The second-order valence-corrected chi connectivity index (χ2v) is 6.27. The number of fused-ring (bicyclic) bond motifs is 1. The van der Waals surface area contributed by atoms with Gasteiger partial charge in [-0.3, -0.25) is 4.79 Å². The van der Waals surface area contributed by atoms with Gasteiger partial charge in [0.15, 0.2) is 5.78 Å². The Bertz CT molecular complexity index is 1100. The number of hydrogen-bond donors (Lipinski definition) is 1. The summed E-state index contributed by atoms with van der Waals surface area (Å²) in [5, 5.41) is 7.18. The Hall–Kier alpha value is -3.94. The minimum absolute atomic E-state index is 0.0257. The summed E-state index contributed by atoms with van der Waals surface area (Å²) in [6.07, 6.45) is 1.36. The van der Waals surface area contributed by atoms with Gasteiger partial charge in [-0.1, -0.05) is 48.5 Å². The molecule has 29 heavy (non-hydrogen) atoms. The van der Waals surface area contributed by atoms with Gasteiger partial charge in [-0.25, -0.2) is 9.48 Å². The average molecular weight is 390 g/mol.